The summed E-state index contributed by atoms with van der Waals surface area (Å²) in [6.07, 6.45) is 1.37. The number of amides is 2. The number of carbonyl (C=O) groups excluding carboxylic acids is 5. The van der Waals surface area contributed by atoms with Gasteiger partial charge in [0.2, 0.25) is 11.8 Å². The molecule has 4 aromatic rings. The fourth-order valence-corrected chi connectivity index (χ4v) is 7.41. The Balaban J connectivity index is 1.55. The monoisotopic (exact) mass is 739 g/mol. The summed E-state index contributed by atoms with van der Waals surface area (Å²) in [5.74, 6) is -5.20. The number of ketones is 2. The van der Waals surface area contributed by atoms with Gasteiger partial charge in [0.15, 0.2) is 11.6 Å². The molecular formula is C37H27Br2NO6. The van der Waals surface area contributed by atoms with Gasteiger partial charge in [0.25, 0.3) is 0 Å². The van der Waals surface area contributed by atoms with Crippen LogP contribution in [-0.2, 0) is 31.1 Å². The number of hydrogen-bond acceptors (Lipinski definition) is 6. The molecule has 0 bridgehead atoms. The molecule has 0 saturated heterocycles. The van der Waals surface area contributed by atoms with Gasteiger partial charge in [-0.1, -0.05) is 111 Å². The lowest BCUT2D eigenvalue weighted by molar-refractivity contribution is -0.153. The van der Waals surface area contributed by atoms with Crippen LogP contribution in [0.15, 0.2) is 124 Å². The van der Waals surface area contributed by atoms with Gasteiger partial charge in [0.05, 0.1) is 5.69 Å². The molecule has 230 valence electrons. The average molecular weight is 741 g/mol. The topological polar surface area (TPSA) is 97.8 Å². The van der Waals surface area contributed by atoms with Crippen molar-refractivity contribution in [3.63, 3.8) is 0 Å². The van der Waals surface area contributed by atoms with Crippen LogP contribution in [0.4, 0.5) is 5.69 Å². The number of halogens is 2. The van der Waals surface area contributed by atoms with Gasteiger partial charge in [-0.05, 0) is 41.5 Å². The molecule has 7 nitrogen and oxygen atoms in total. The number of rotatable bonds is 8. The number of imide groups is 1. The Morgan fingerprint density at radius 1 is 0.804 bits per heavy atom. The van der Waals surface area contributed by atoms with Crippen molar-refractivity contribution in [3.8, 4) is 0 Å². The van der Waals surface area contributed by atoms with Gasteiger partial charge < -0.3 is 4.74 Å². The summed E-state index contributed by atoms with van der Waals surface area (Å²) in [6, 6.07) is 29.4. The zero-order valence-corrected chi connectivity index (χ0v) is 27.8. The fraction of sp³-hybridized carbons (Fsp3) is 0.162. The first-order chi connectivity index (χ1) is 22.1. The zero-order chi connectivity index (χ0) is 32.6. The van der Waals surface area contributed by atoms with Crippen LogP contribution < -0.4 is 4.90 Å². The summed E-state index contributed by atoms with van der Waals surface area (Å²) in [4.78, 5) is 71.5. The van der Waals surface area contributed by atoms with Gasteiger partial charge >= 0.3 is 5.97 Å². The molecule has 2 amide bonds. The SMILES string of the molecule is CC(=O)N1C(=O)[C@@]2(c3ccccc31)[C@@H](C(=O)OCc1ccccc1)C(C(=O)c1cccc(Br)c1)=C[C@H]2CC(=O)c1cccc(Br)c1. The fourth-order valence-electron chi connectivity index (χ4n) is 6.61. The van der Waals surface area contributed by atoms with E-state index in [1.807, 2.05) is 18.2 Å². The Hall–Kier alpha value is -4.47. The van der Waals surface area contributed by atoms with Gasteiger partial charge in [0, 0.05) is 44.9 Å². The number of Topliss-reactive ketones (excluding diaryl/α,β-unsaturated/α-hetero) is 2. The second kappa shape index (κ2) is 12.7. The molecule has 1 heterocycles. The van der Waals surface area contributed by atoms with E-state index in [9.17, 15) is 24.0 Å². The van der Waals surface area contributed by atoms with E-state index in [2.05, 4.69) is 31.9 Å². The number of carbonyl (C=O) groups is 5. The molecule has 46 heavy (non-hydrogen) atoms. The molecule has 2 aliphatic rings. The summed E-state index contributed by atoms with van der Waals surface area (Å²) in [5, 5.41) is 0. The first kappa shape index (κ1) is 31.5. The van der Waals surface area contributed by atoms with Crippen LogP contribution >= 0.6 is 31.9 Å². The number of nitrogens with zero attached hydrogens (tertiary/aromatic N) is 1. The van der Waals surface area contributed by atoms with Crippen LogP contribution in [0.1, 0.15) is 45.2 Å². The van der Waals surface area contributed by atoms with Crippen molar-refractivity contribution in [2.45, 2.75) is 25.4 Å². The molecule has 1 spiro atoms. The quantitative estimate of drug-likeness (QED) is 0.138. The smallest absolute Gasteiger partial charge is 0.315 e. The molecule has 0 aromatic heterocycles. The highest BCUT2D eigenvalue weighted by Crippen LogP contribution is 2.59. The highest BCUT2D eigenvalue weighted by atomic mass is 79.9. The Bertz CT molecular complexity index is 1940. The summed E-state index contributed by atoms with van der Waals surface area (Å²) in [6.45, 7) is 1.17. The second-order valence-electron chi connectivity index (χ2n) is 11.3. The van der Waals surface area contributed by atoms with Crippen molar-refractivity contribution in [1.82, 2.24) is 0 Å². The maximum atomic E-state index is 14.8. The molecule has 6 rings (SSSR count). The third-order valence-corrected chi connectivity index (χ3v) is 9.54. The molecule has 0 N–H and O–H groups in total. The van der Waals surface area contributed by atoms with Crippen molar-refractivity contribution < 1.29 is 28.7 Å². The minimum Gasteiger partial charge on any atom is -0.460 e. The Kier molecular flexibility index (Phi) is 8.72. The molecule has 1 aliphatic heterocycles. The number of benzene rings is 4. The highest BCUT2D eigenvalue weighted by Gasteiger charge is 2.67. The molecule has 4 aromatic carbocycles. The summed E-state index contributed by atoms with van der Waals surface area (Å²) >= 11 is 6.83. The van der Waals surface area contributed by atoms with Gasteiger partial charge in [0.1, 0.15) is 17.9 Å². The number of esters is 1. The van der Waals surface area contributed by atoms with E-state index in [1.165, 1.54) is 6.92 Å². The lowest BCUT2D eigenvalue weighted by Crippen LogP contribution is -2.52. The number of anilines is 1. The molecule has 0 fully saturated rings. The van der Waals surface area contributed by atoms with E-state index in [0.29, 0.717) is 25.8 Å². The van der Waals surface area contributed by atoms with Crippen molar-refractivity contribution in [1.29, 1.82) is 0 Å². The van der Waals surface area contributed by atoms with Crippen LogP contribution in [0.2, 0.25) is 0 Å². The molecule has 1 aliphatic carbocycles. The minimum atomic E-state index is -1.80. The van der Waals surface area contributed by atoms with Crippen molar-refractivity contribution >= 4 is 66.9 Å². The third-order valence-electron chi connectivity index (χ3n) is 8.55. The summed E-state index contributed by atoms with van der Waals surface area (Å²) in [5.41, 5.74) is 0.345. The third kappa shape index (κ3) is 5.48. The van der Waals surface area contributed by atoms with Crippen LogP contribution in [0.3, 0.4) is 0 Å². The second-order valence-corrected chi connectivity index (χ2v) is 13.1. The maximum Gasteiger partial charge on any atom is 0.315 e. The lowest BCUT2D eigenvalue weighted by atomic mass is 9.64. The van der Waals surface area contributed by atoms with Crippen molar-refractivity contribution in [2.24, 2.45) is 11.8 Å². The van der Waals surface area contributed by atoms with E-state index in [1.54, 1.807) is 91.0 Å². The number of allylic oxidation sites excluding steroid dienone is 1. The molecule has 3 atom stereocenters. The van der Waals surface area contributed by atoms with E-state index in [4.69, 9.17) is 4.74 Å². The van der Waals surface area contributed by atoms with Crippen LogP contribution in [0.5, 0.6) is 0 Å². The molecule has 0 radical (unpaired) electrons. The Morgan fingerprint density at radius 2 is 1.43 bits per heavy atom. The lowest BCUT2D eigenvalue weighted by Gasteiger charge is -2.35. The maximum absolute atomic E-state index is 14.8. The summed E-state index contributed by atoms with van der Waals surface area (Å²) < 4.78 is 7.22. The standard InChI is InChI=1S/C37H27Br2NO6/c1-22(41)40-31-16-6-5-15-30(31)37(36(40)45)26(20-32(42)24-11-7-13-27(38)17-24)19-29(34(43)25-12-8-14-28(39)18-25)33(37)35(44)46-21-23-9-3-2-4-10-23/h2-19,26,33H,20-21H2,1H3/t26-,33+,37-/m0/s1. The molecule has 0 unspecified atom stereocenters. The minimum absolute atomic E-state index is 0.0387. The summed E-state index contributed by atoms with van der Waals surface area (Å²) in [7, 11) is 0. The predicted octanol–water partition coefficient (Wildman–Crippen LogP) is 7.41. The van der Waals surface area contributed by atoms with E-state index in [0.717, 1.165) is 10.5 Å². The number of para-hydroxylation sites is 1. The molecule has 0 saturated carbocycles. The molecular weight excluding hydrogens is 714 g/mol. The van der Waals surface area contributed by atoms with Crippen LogP contribution in [0.25, 0.3) is 0 Å². The zero-order valence-electron chi connectivity index (χ0n) is 24.6. The van der Waals surface area contributed by atoms with Gasteiger partial charge in [-0.2, -0.15) is 0 Å². The Morgan fingerprint density at radius 3 is 2.11 bits per heavy atom. The normalized spacial score (nSPS) is 19.9. The molecule has 9 heteroatoms. The highest BCUT2D eigenvalue weighted by molar-refractivity contribution is 9.10. The van der Waals surface area contributed by atoms with Crippen LogP contribution in [-0.4, -0.2) is 29.4 Å². The van der Waals surface area contributed by atoms with Gasteiger partial charge in [-0.25, -0.2) is 4.90 Å². The first-order valence-electron chi connectivity index (χ1n) is 14.6. The van der Waals surface area contributed by atoms with E-state index < -0.39 is 40.8 Å². The predicted molar refractivity (Wildman–Crippen MR) is 179 cm³/mol. The van der Waals surface area contributed by atoms with Crippen molar-refractivity contribution in [2.75, 3.05) is 4.90 Å². The first-order valence-corrected chi connectivity index (χ1v) is 16.2. The average Bonchev–Trinajstić information content (AvgIpc) is 3.52. The number of fused-ring (bicyclic) bond motifs is 2. The van der Waals surface area contributed by atoms with E-state index in [-0.39, 0.29) is 29.9 Å². The van der Waals surface area contributed by atoms with Crippen molar-refractivity contribution in [3.05, 3.63) is 146 Å². The largest absolute Gasteiger partial charge is 0.460 e. The number of ether oxygens (including phenoxy) is 1. The number of hydrogen-bond donors (Lipinski definition) is 0. The van der Waals surface area contributed by atoms with Gasteiger partial charge in [-0.3, -0.25) is 24.0 Å². The van der Waals surface area contributed by atoms with Crippen LogP contribution in [0, 0.1) is 11.8 Å². The van der Waals surface area contributed by atoms with Gasteiger partial charge in [-0.15, -0.1) is 0 Å². The van der Waals surface area contributed by atoms with E-state index >= 15 is 0 Å². The Labute approximate surface area is 282 Å².